The fraction of sp³-hybridized carbons (Fsp3) is 0.538. The van der Waals surface area contributed by atoms with E-state index in [1.54, 1.807) is 12.3 Å². The summed E-state index contributed by atoms with van der Waals surface area (Å²) in [5, 5.41) is 9.08. The minimum absolute atomic E-state index is 0.660. The number of nitriles is 1. The van der Waals surface area contributed by atoms with E-state index in [1.807, 2.05) is 6.07 Å². The summed E-state index contributed by atoms with van der Waals surface area (Å²) in [4.78, 5) is 8.93. The van der Waals surface area contributed by atoms with Crippen molar-refractivity contribution in [2.24, 2.45) is 5.73 Å². The molecule has 0 spiro atoms. The Hall–Kier alpha value is -1.64. The lowest BCUT2D eigenvalue weighted by Crippen LogP contribution is -2.47. The molecule has 1 aromatic rings. The second-order valence-electron chi connectivity index (χ2n) is 4.46. The summed E-state index contributed by atoms with van der Waals surface area (Å²) in [6.45, 7) is 5.70. The van der Waals surface area contributed by atoms with Crippen LogP contribution in [0, 0.1) is 11.3 Å². The van der Waals surface area contributed by atoms with Gasteiger partial charge in [0.05, 0.1) is 5.56 Å². The number of pyridine rings is 1. The molecule has 1 fully saturated rings. The molecule has 1 aliphatic rings. The van der Waals surface area contributed by atoms with Crippen LogP contribution in [0.3, 0.4) is 0 Å². The van der Waals surface area contributed by atoms with E-state index in [9.17, 15) is 0 Å². The maximum Gasteiger partial charge on any atom is 0.146 e. The van der Waals surface area contributed by atoms with Gasteiger partial charge in [0, 0.05) is 32.4 Å². The van der Waals surface area contributed by atoms with Gasteiger partial charge >= 0.3 is 0 Å². The van der Waals surface area contributed by atoms with Crippen LogP contribution in [0.2, 0.25) is 0 Å². The number of aromatic nitrogens is 1. The third-order valence-corrected chi connectivity index (χ3v) is 3.26. The van der Waals surface area contributed by atoms with Crippen molar-refractivity contribution < 1.29 is 0 Å². The van der Waals surface area contributed by atoms with Crippen molar-refractivity contribution in [2.75, 3.05) is 44.2 Å². The molecule has 0 aromatic carbocycles. The van der Waals surface area contributed by atoms with Crippen LogP contribution in [0.5, 0.6) is 0 Å². The molecule has 5 nitrogen and oxygen atoms in total. The van der Waals surface area contributed by atoms with Crippen molar-refractivity contribution in [3.05, 3.63) is 23.9 Å². The highest BCUT2D eigenvalue weighted by molar-refractivity contribution is 5.53. The van der Waals surface area contributed by atoms with Crippen LogP contribution in [-0.2, 0) is 0 Å². The first-order chi connectivity index (χ1) is 8.85. The maximum absolute atomic E-state index is 9.08. The summed E-state index contributed by atoms with van der Waals surface area (Å²) in [7, 11) is 0. The minimum atomic E-state index is 0.660. The van der Waals surface area contributed by atoms with Gasteiger partial charge in [-0.15, -0.1) is 0 Å². The van der Waals surface area contributed by atoms with E-state index < -0.39 is 0 Å². The first-order valence-corrected chi connectivity index (χ1v) is 6.37. The standard InChI is InChI=1S/C13H19N5/c14-4-2-6-17-7-9-18(10-8-17)13-12(11-15)3-1-5-16-13/h1,3,5H,2,4,6-10,14H2. The fourth-order valence-corrected chi connectivity index (χ4v) is 2.23. The van der Waals surface area contributed by atoms with E-state index in [2.05, 4.69) is 20.9 Å². The Labute approximate surface area is 108 Å². The molecule has 0 bridgehead atoms. The molecule has 2 N–H and O–H groups in total. The first kappa shape index (κ1) is 12.8. The molecule has 0 aliphatic carbocycles. The number of nitrogens with two attached hydrogens (primary N) is 1. The number of hydrogen-bond acceptors (Lipinski definition) is 5. The maximum atomic E-state index is 9.08. The van der Waals surface area contributed by atoms with Gasteiger partial charge in [-0.1, -0.05) is 0 Å². The third-order valence-electron chi connectivity index (χ3n) is 3.26. The van der Waals surface area contributed by atoms with Gasteiger partial charge in [-0.2, -0.15) is 5.26 Å². The van der Waals surface area contributed by atoms with Crippen LogP contribution in [0.4, 0.5) is 5.82 Å². The average molecular weight is 245 g/mol. The summed E-state index contributed by atoms with van der Waals surface area (Å²) < 4.78 is 0. The summed E-state index contributed by atoms with van der Waals surface area (Å²) in [6.07, 6.45) is 2.80. The minimum Gasteiger partial charge on any atom is -0.353 e. The monoisotopic (exact) mass is 245 g/mol. The van der Waals surface area contributed by atoms with Crippen molar-refractivity contribution >= 4 is 5.82 Å². The lowest BCUT2D eigenvalue weighted by atomic mass is 10.2. The second-order valence-corrected chi connectivity index (χ2v) is 4.46. The van der Waals surface area contributed by atoms with Crippen molar-refractivity contribution in [1.82, 2.24) is 9.88 Å². The molecule has 1 saturated heterocycles. The summed E-state index contributed by atoms with van der Waals surface area (Å²) >= 11 is 0. The number of anilines is 1. The lowest BCUT2D eigenvalue weighted by molar-refractivity contribution is 0.256. The van der Waals surface area contributed by atoms with Gasteiger partial charge in [-0.3, -0.25) is 4.90 Å². The Kier molecular flexibility index (Phi) is 4.51. The molecule has 0 unspecified atom stereocenters. The largest absolute Gasteiger partial charge is 0.353 e. The Morgan fingerprint density at radius 2 is 2.11 bits per heavy atom. The molecule has 96 valence electrons. The Bertz CT molecular complexity index is 418. The molecular weight excluding hydrogens is 226 g/mol. The highest BCUT2D eigenvalue weighted by Gasteiger charge is 2.19. The number of rotatable bonds is 4. The van der Waals surface area contributed by atoms with Gasteiger partial charge in [0.1, 0.15) is 11.9 Å². The smallest absolute Gasteiger partial charge is 0.146 e. The van der Waals surface area contributed by atoms with E-state index in [4.69, 9.17) is 11.0 Å². The normalized spacial score (nSPS) is 16.6. The molecule has 0 amide bonds. The zero-order valence-corrected chi connectivity index (χ0v) is 10.5. The molecule has 2 rings (SSSR count). The lowest BCUT2D eigenvalue weighted by Gasteiger charge is -2.35. The Morgan fingerprint density at radius 3 is 2.78 bits per heavy atom. The van der Waals surface area contributed by atoms with Crippen molar-refractivity contribution in [3.8, 4) is 6.07 Å². The van der Waals surface area contributed by atoms with Crippen LogP contribution in [0.15, 0.2) is 18.3 Å². The molecule has 0 saturated carbocycles. The third kappa shape index (κ3) is 2.97. The highest BCUT2D eigenvalue weighted by atomic mass is 15.3. The van der Waals surface area contributed by atoms with Gasteiger partial charge < -0.3 is 10.6 Å². The molecule has 1 aliphatic heterocycles. The van der Waals surface area contributed by atoms with Gasteiger partial charge in [-0.05, 0) is 31.6 Å². The number of piperazine rings is 1. The SMILES string of the molecule is N#Cc1cccnc1N1CCN(CCCN)CC1. The zero-order valence-electron chi connectivity index (χ0n) is 10.5. The quantitative estimate of drug-likeness (QED) is 0.832. The van der Waals surface area contributed by atoms with E-state index >= 15 is 0 Å². The highest BCUT2D eigenvalue weighted by Crippen LogP contribution is 2.17. The first-order valence-electron chi connectivity index (χ1n) is 6.37. The van der Waals surface area contributed by atoms with Crippen LogP contribution in [-0.4, -0.2) is 49.2 Å². The molecule has 18 heavy (non-hydrogen) atoms. The van der Waals surface area contributed by atoms with Gasteiger partial charge in [0.25, 0.3) is 0 Å². The predicted molar refractivity (Wildman–Crippen MR) is 71.3 cm³/mol. The molecule has 0 radical (unpaired) electrons. The molecule has 1 aromatic heterocycles. The van der Waals surface area contributed by atoms with E-state index in [0.29, 0.717) is 5.56 Å². The van der Waals surface area contributed by atoms with E-state index in [0.717, 1.165) is 51.5 Å². The summed E-state index contributed by atoms with van der Waals surface area (Å²) in [5.41, 5.74) is 6.18. The number of hydrogen-bond donors (Lipinski definition) is 1. The predicted octanol–water partition coefficient (Wildman–Crippen LogP) is 0.424. The van der Waals surface area contributed by atoms with E-state index in [1.165, 1.54) is 0 Å². The Balaban J connectivity index is 1.95. The topological polar surface area (TPSA) is 69.2 Å². The second kappa shape index (κ2) is 6.34. The molecule has 2 heterocycles. The van der Waals surface area contributed by atoms with Crippen molar-refractivity contribution in [2.45, 2.75) is 6.42 Å². The van der Waals surface area contributed by atoms with Crippen LogP contribution >= 0.6 is 0 Å². The van der Waals surface area contributed by atoms with Crippen LogP contribution in [0.25, 0.3) is 0 Å². The van der Waals surface area contributed by atoms with Crippen LogP contribution in [0.1, 0.15) is 12.0 Å². The molecular formula is C13H19N5. The molecule has 5 heteroatoms. The summed E-state index contributed by atoms with van der Waals surface area (Å²) in [5.74, 6) is 0.818. The van der Waals surface area contributed by atoms with Gasteiger partial charge in [-0.25, -0.2) is 4.98 Å². The average Bonchev–Trinajstić information content (AvgIpc) is 2.45. The number of nitrogens with zero attached hydrogens (tertiary/aromatic N) is 4. The van der Waals surface area contributed by atoms with Crippen LogP contribution < -0.4 is 10.6 Å². The summed E-state index contributed by atoms with van der Waals surface area (Å²) in [6, 6.07) is 5.83. The fourth-order valence-electron chi connectivity index (χ4n) is 2.23. The van der Waals surface area contributed by atoms with E-state index in [-0.39, 0.29) is 0 Å². The van der Waals surface area contributed by atoms with Crippen molar-refractivity contribution in [1.29, 1.82) is 5.26 Å². The zero-order chi connectivity index (χ0) is 12.8. The molecule has 0 atom stereocenters. The van der Waals surface area contributed by atoms with Gasteiger partial charge in [0.2, 0.25) is 0 Å². The van der Waals surface area contributed by atoms with Gasteiger partial charge in [0.15, 0.2) is 0 Å². The Morgan fingerprint density at radius 1 is 1.33 bits per heavy atom. The van der Waals surface area contributed by atoms with Crippen molar-refractivity contribution in [3.63, 3.8) is 0 Å².